The lowest BCUT2D eigenvalue weighted by Crippen LogP contribution is -2.40. The van der Waals surface area contributed by atoms with Crippen LogP contribution in [0.5, 0.6) is 11.5 Å². The van der Waals surface area contributed by atoms with Gasteiger partial charge < -0.3 is 19.5 Å². The summed E-state index contributed by atoms with van der Waals surface area (Å²) in [5.41, 5.74) is 1.48. The third kappa shape index (κ3) is 3.47. The summed E-state index contributed by atoms with van der Waals surface area (Å²) in [6, 6.07) is 11.7. The van der Waals surface area contributed by atoms with Crippen molar-refractivity contribution in [2.75, 3.05) is 12.4 Å². The molecule has 2 aromatic carbocycles. The van der Waals surface area contributed by atoms with Crippen molar-refractivity contribution >= 4 is 17.6 Å². The van der Waals surface area contributed by atoms with Gasteiger partial charge >= 0.3 is 5.97 Å². The molecule has 0 unspecified atom stereocenters. The topological polar surface area (TPSA) is 73.9 Å². The van der Waals surface area contributed by atoms with Crippen LogP contribution < -0.4 is 14.8 Å². The van der Waals surface area contributed by atoms with E-state index < -0.39 is 11.8 Å². The predicted molar refractivity (Wildman–Crippen MR) is 99.2 cm³/mol. The van der Waals surface area contributed by atoms with Crippen LogP contribution in [0.25, 0.3) is 0 Å². The first-order valence-corrected chi connectivity index (χ1v) is 9.10. The Balaban J connectivity index is 1.46. The van der Waals surface area contributed by atoms with Gasteiger partial charge in [0.05, 0.1) is 12.7 Å². The number of carbonyl (C=O) groups is 2. The van der Waals surface area contributed by atoms with Gasteiger partial charge in [-0.05, 0) is 49.2 Å². The van der Waals surface area contributed by atoms with Crippen LogP contribution in [-0.2, 0) is 4.74 Å². The Morgan fingerprint density at radius 3 is 2.30 bits per heavy atom. The molecule has 1 spiro atoms. The van der Waals surface area contributed by atoms with Crippen molar-refractivity contribution in [3.63, 3.8) is 0 Å². The quantitative estimate of drug-likeness (QED) is 0.825. The second kappa shape index (κ2) is 6.95. The lowest BCUT2D eigenvalue weighted by atomic mass is 9.94. The first-order valence-electron chi connectivity index (χ1n) is 9.10. The summed E-state index contributed by atoms with van der Waals surface area (Å²) in [6.07, 6.45) is 5.17. The molecule has 6 nitrogen and oxygen atoms in total. The lowest BCUT2D eigenvalue weighted by Gasteiger charge is -2.31. The number of methoxy groups -OCH3 is 1. The molecule has 0 saturated heterocycles. The molecule has 27 heavy (non-hydrogen) atoms. The van der Waals surface area contributed by atoms with Crippen LogP contribution in [0.3, 0.4) is 0 Å². The average Bonchev–Trinajstić information content (AvgIpc) is 3.04. The molecular weight excluding hydrogens is 346 g/mol. The molecule has 0 radical (unpaired) electrons. The zero-order chi connectivity index (χ0) is 18.9. The number of anilines is 1. The van der Waals surface area contributed by atoms with Crippen LogP contribution in [0.15, 0.2) is 42.5 Å². The fourth-order valence-electron chi connectivity index (χ4n) is 3.54. The molecule has 1 N–H and O–H groups in total. The van der Waals surface area contributed by atoms with Gasteiger partial charge in [-0.2, -0.15) is 0 Å². The van der Waals surface area contributed by atoms with Gasteiger partial charge in [0.15, 0.2) is 11.5 Å². The number of nitrogens with one attached hydrogen (secondary N) is 1. The summed E-state index contributed by atoms with van der Waals surface area (Å²) < 4.78 is 16.8. The zero-order valence-corrected chi connectivity index (χ0v) is 15.1. The number of fused-ring (bicyclic) bond motifs is 1. The summed E-state index contributed by atoms with van der Waals surface area (Å²) in [7, 11) is 1.32. The number of hydrogen-bond acceptors (Lipinski definition) is 5. The van der Waals surface area contributed by atoms with Crippen LogP contribution >= 0.6 is 0 Å². The highest BCUT2D eigenvalue weighted by atomic mass is 16.7. The number of esters is 1. The van der Waals surface area contributed by atoms with Crippen LogP contribution in [0, 0.1) is 0 Å². The summed E-state index contributed by atoms with van der Waals surface area (Å²) in [4.78, 5) is 23.9. The van der Waals surface area contributed by atoms with Crippen LogP contribution in [0.2, 0.25) is 0 Å². The molecule has 1 fully saturated rings. The molecule has 0 aromatic heterocycles. The van der Waals surface area contributed by atoms with E-state index in [1.807, 2.05) is 6.07 Å². The van der Waals surface area contributed by atoms with Gasteiger partial charge in [-0.1, -0.05) is 6.42 Å². The molecule has 4 rings (SSSR count). The molecule has 0 atom stereocenters. The van der Waals surface area contributed by atoms with E-state index in [0.29, 0.717) is 22.6 Å². The Hall–Kier alpha value is -3.02. The van der Waals surface area contributed by atoms with E-state index in [9.17, 15) is 9.59 Å². The SMILES string of the molecule is COC(=O)c1ccc(C(=O)Nc2ccc3c(c2)OC2(CCCCC2)O3)cc1. The summed E-state index contributed by atoms with van der Waals surface area (Å²) in [5, 5.41) is 2.85. The fourth-order valence-corrected chi connectivity index (χ4v) is 3.54. The van der Waals surface area contributed by atoms with E-state index in [-0.39, 0.29) is 5.91 Å². The monoisotopic (exact) mass is 367 g/mol. The minimum Gasteiger partial charge on any atom is -0.465 e. The molecule has 1 amide bonds. The molecule has 140 valence electrons. The molecule has 6 heteroatoms. The summed E-state index contributed by atoms with van der Waals surface area (Å²) in [6.45, 7) is 0. The molecule has 1 aliphatic heterocycles. The first-order chi connectivity index (χ1) is 13.1. The minimum absolute atomic E-state index is 0.266. The molecule has 0 bridgehead atoms. The van der Waals surface area contributed by atoms with E-state index in [1.54, 1.807) is 36.4 Å². The number of carbonyl (C=O) groups excluding carboxylic acids is 2. The van der Waals surface area contributed by atoms with Crippen molar-refractivity contribution in [2.24, 2.45) is 0 Å². The number of amides is 1. The van der Waals surface area contributed by atoms with Crippen molar-refractivity contribution in [1.82, 2.24) is 0 Å². The van der Waals surface area contributed by atoms with Gasteiger partial charge in [-0.3, -0.25) is 4.79 Å². The second-order valence-electron chi connectivity index (χ2n) is 6.86. The van der Waals surface area contributed by atoms with Crippen molar-refractivity contribution in [1.29, 1.82) is 0 Å². The van der Waals surface area contributed by atoms with Crippen LogP contribution in [0.1, 0.15) is 52.8 Å². The largest absolute Gasteiger partial charge is 0.465 e. The van der Waals surface area contributed by atoms with Crippen molar-refractivity contribution in [3.8, 4) is 11.5 Å². The normalized spacial score (nSPS) is 16.8. The van der Waals surface area contributed by atoms with E-state index in [2.05, 4.69) is 10.1 Å². The highest BCUT2D eigenvalue weighted by Gasteiger charge is 2.42. The standard InChI is InChI=1S/C21H21NO5/c1-25-20(24)15-7-5-14(6-8-15)19(23)22-16-9-10-17-18(13-16)27-21(26-17)11-3-2-4-12-21/h5-10,13H,2-4,11-12H2,1H3,(H,22,23). The van der Waals surface area contributed by atoms with Crippen LogP contribution in [0.4, 0.5) is 5.69 Å². The Morgan fingerprint density at radius 2 is 1.59 bits per heavy atom. The van der Waals surface area contributed by atoms with E-state index in [1.165, 1.54) is 13.5 Å². The maximum absolute atomic E-state index is 12.5. The van der Waals surface area contributed by atoms with Crippen LogP contribution in [-0.4, -0.2) is 24.8 Å². The van der Waals surface area contributed by atoms with Gasteiger partial charge in [-0.15, -0.1) is 0 Å². The lowest BCUT2D eigenvalue weighted by molar-refractivity contribution is -0.105. The molecule has 1 aliphatic carbocycles. The Morgan fingerprint density at radius 1 is 0.926 bits per heavy atom. The van der Waals surface area contributed by atoms with E-state index in [4.69, 9.17) is 9.47 Å². The average molecular weight is 367 g/mol. The first kappa shape index (κ1) is 17.4. The Bertz CT molecular complexity index is 869. The third-order valence-electron chi connectivity index (χ3n) is 4.98. The number of ether oxygens (including phenoxy) is 3. The highest BCUT2D eigenvalue weighted by Crippen LogP contribution is 2.46. The van der Waals surface area contributed by atoms with Crippen molar-refractivity contribution in [3.05, 3.63) is 53.6 Å². The minimum atomic E-state index is -0.535. The summed E-state index contributed by atoms with van der Waals surface area (Å²) >= 11 is 0. The second-order valence-corrected chi connectivity index (χ2v) is 6.86. The van der Waals surface area contributed by atoms with Gasteiger partial charge in [-0.25, -0.2) is 4.79 Å². The Kier molecular flexibility index (Phi) is 4.48. The van der Waals surface area contributed by atoms with Gasteiger partial charge in [0, 0.05) is 30.2 Å². The van der Waals surface area contributed by atoms with Gasteiger partial charge in [0.25, 0.3) is 11.7 Å². The predicted octanol–water partition coefficient (Wildman–Crippen LogP) is 4.16. The zero-order valence-electron chi connectivity index (χ0n) is 15.1. The number of hydrogen-bond donors (Lipinski definition) is 1. The van der Waals surface area contributed by atoms with E-state index >= 15 is 0 Å². The van der Waals surface area contributed by atoms with E-state index in [0.717, 1.165) is 31.4 Å². The molecule has 2 aromatic rings. The Labute approximate surface area is 157 Å². The number of benzene rings is 2. The molecule has 1 heterocycles. The third-order valence-corrected chi connectivity index (χ3v) is 4.98. The highest BCUT2D eigenvalue weighted by molar-refractivity contribution is 6.05. The van der Waals surface area contributed by atoms with Gasteiger partial charge in [0.1, 0.15) is 0 Å². The van der Waals surface area contributed by atoms with Gasteiger partial charge in [0.2, 0.25) is 0 Å². The summed E-state index contributed by atoms with van der Waals surface area (Å²) in [5.74, 6) is 0.146. The van der Waals surface area contributed by atoms with Crippen molar-refractivity contribution < 1.29 is 23.8 Å². The maximum atomic E-state index is 12.5. The fraction of sp³-hybridized carbons (Fsp3) is 0.333. The smallest absolute Gasteiger partial charge is 0.337 e. The molecular formula is C21H21NO5. The number of rotatable bonds is 3. The van der Waals surface area contributed by atoms with Crippen molar-refractivity contribution in [2.45, 2.75) is 37.9 Å². The molecule has 2 aliphatic rings. The molecule has 1 saturated carbocycles. The maximum Gasteiger partial charge on any atom is 0.337 e.